The largest absolute Gasteiger partial charge is 0.338 e. The molecule has 2 aromatic rings. The van der Waals surface area contributed by atoms with E-state index in [0.29, 0.717) is 31.3 Å². The number of nitrogens with zero attached hydrogens (tertiary/aromatic N) is 6. The Morgan fingerprint density at radius 1 is 1.40 bits per heavy atom. The van der Waals surface area contributed by atoms with Gasteiger partial charge in [0.2, 0.25) is 5.89 Å². The summed E-state index contributed by atoms with van der Waals surface area (Å²) in [5.41, 5.74) is 1.12. The molecule has 0 aromatic carbocycles. The molecular weight excluding hydrogens is 323 g/mol. The third-order valence-electron chi connectivity index (χ3n) is 4.97. The van der Waals surface area contributed by atoms with Gasteiger partial charge >= 0.3 is 0 Å². The van der Waals surface area contributed by atoms with Crippen LogP contribution in [0.3, 0.4) is 0 Å². The van der Waals surface area contributed by atoms with Crippen LogP contribution >= 0.6 is 0 Å². The molecule has 8 heteroatoms. The Kier molecular flexibility index (Phi) is 4.56. The van der Waals surface area contributed by atoms with Crippen LogP contribution in [0.1, 0.15) is 42.5 Å². The second kappa shape index (κ2) is 6.84. The molecule has 2 aliphatic rings. The summed E-state index contributed by atoms with van der Waals surface area (Å²) in [6.45, 7) is 2.61. The summed E-state index contributed by atoms with van der Waals surface area (Å²) >= 11 is 0. The van der Waals surface area contributed by atoms with Crippen LogP contribution in [-0.4, -0.2) is 62.1 Å². The molecule has 7 nitrogen and oxygen atoms in total. The van der Waals surface area contributed by atoms with Gasteiger partial charge in [0.1, 0.15) is 6.17 Å². The Morgan fingerprint density at radius 3 is 2.96 bits per heavy atom. The first-order chi connectivity index (χ1) is 12.1. The lowest BCUT2D eigenvalue weighted by Gasteiger charge is -2.27. The number of hydrogen-bond donors (Lipinski definition) is 0. The molecule has 25 heavy (non-hydrogen) atoms. The van der Waals surface area contributed by atoms with Gasteiger partial charge in [0.05, 0.1) is 12.7 Å². The highest BCUT2D eigenvalue weighted by Crippen LogP contribution is 2.38. The highest BCUT2D eigenvalue weighted by atomic mass is 19.1. The van der Waals surface area contributed by atoms with Crippen LogP contribution in [-0.2, 0) is 20.1 Å². The molecule has 0 N–H and O–H groups in total. The lowest BCUT2D eigenvalue weighted by Crippen LogP contribution is -2.38. The summed E-state index contributed by atoms with van der Waals surface area (Å²) in [7, 11) is 3.92. The third-order valence-corrected chi connectivity index (χ3v) is 4.97. The Hall–Kier alpha value is -1.80. The maximum Gasteiger partial charge on any atom is 0.240 e. The second-order valence-corrected chi connectivity index (χ2v) is 7.46. The van der Waals surface area contributed by atoms with E-state index in [4.69, 9.17) is 4.52 Å². The van der Waals surface area contributed by atoms with Crippen molar-refractivity contribution in [3.05, 3.63) is 29.7 Å². The van der Waals surface area contributed by atoms with Gasteiger partial charge in [-0.25, -0.2) is 4.39 Å². The van der Waals surface area contributed by atoms with Crippen LogP contribution in [0.15, 0.2) is 16.9 Å². The Bertz CT molecular complexity index is 712. The first-order valence-corrected chi connectivity index (χ1v) is 8.93. The number of aromatic nitrogens is 4. The van der Waals surface area contributed by atoms with Crippen molar-refractivity contribution < 1.29 is 8.91 Å². The Labute approximate surface area is 146 Å². The topological polar surface area (TPSA) is 63.2 Å². The predicted octanol–water partition coefficient (Wildman–Crippen LogP) is 1.72. The van der Waals surface area contributed by atoms with Crippen LogP contribution < -0.4 is 0 Å². The van der Waals surface area contributed by atoms with Crippen molar-refractivity contribution >= 4 is 0 Å². The Balaban J connectivity index is 1.33. The van der Waals surface area contributed by atoms with E-state index in [9.17, 15) is 4.39 Å². The zero-order valence-electron chi connectivity index (χ0n) is 14.8. The number of aryl methyl sites for hydroxylation is 1. The zero-order chi connectivity index (χ0) is 17.4. The van der Waals surface area contributed by atoms with Crippen LogP contribution in [0.25, 0.3) is 0 Å². The molecular formula is C17H25FN6O. The summed E-state index contributed by atoms with van der Waals surface area (Å²) in [6, 6.07) is 0.186. The average molecular weight is 348 g/mol. The van der Waals surface area contributed by atoms with Gasteiger partial charge in [-0.1, -0.05) is 5.16 Å². The molecule has 2 aromatic heterocycles. The van der Waals surface area contributed by atoms with Crippen LogP contribution in [0.4, 0.5) is 4.39 Å². The number of alkyl halides is 1. The molecule has 2 atom stereocenters. The van der Waals surface area contributed by atoms with Gasteiger partial charge in [-0.3, -0.25) is 14.5 Å². The number of rotatable bonds is 7. The third kappa shape index (κ3) is 4.07. The van der Waals surface area contributed by atoms with E-state index in [1.807, 2.05) is 26.5 Å². The molecule has 0 unspecified atom stereocenters. The minimum atomic E-state index is -0.764. The summed E-state index contributed by atoms with van der Waals surface area (Å²) in [4.78, 5) is 8.83. The van der Waals surface area contributed by atoms with Gasteiger partial charge in [-0.15, -0.1) is 0 Å². The molecule has 3 heterocycles. The highest BCUT2D eigenvalue weighted by Gasteiger charge is 2.33. The quantitative estimate of drug-likeness (QED) is 0.759. The smallest absolute Gasteiger partial charge is 0.240 e. The summed E-state index contributed by atoms with van der Waals surface area (Å²) in [5, 5.41) is 8.26. The zero-order valence-corrected chi connectivity index (χ0v) is 14.8. The summed E-state index contributed by atoms with van der Waals surface area (Å²) in [5.74, 6) is 1.99. The molecule has 4 rings (SSSR count). The molecule has 0 spiro atoms. The average Bonchev–Trinajstić information content (AvgIpc) is 3.02. The molecule has 136 valence electrons. The maximum atomic E-state index is 14.0. The number of likely N-dealkylation sites (tertiary alicyclic amines) is 1. The molecule has 0 radical (unpaired) electrons. The van der Waals surface area contributed by atoms with Crippen LogP contribution in [0.2, 0.25) is 0 Å². The monoisotopic (exact) mass is 348 g/mol. The first-order valence-electron chi connectivity index (χ1n) is 8.93. The van der Waals surface area contributed by atoms with E-state index in [2.05, 4.69) is 25.0 Å². The van der Waals surface area contributed by atoms with Gasteiger partial charge in [0, 0.05) is 50.4 Å². The molecule has 1 saturated heterocycles. The fraction of sp³-hybridized carbons (Fsp3) is 0.706. The van der Waals surface area contributed by atoms with Crippen LogP contribution in [0.5, 0.6) is 0 Å². The lowest BCUT2D eigenvalue weighted by molar-refractivity contribution is 0.170. The van der Waals surface area contributed by atoms with Crippen LogP contribution in [0, 0.1) is 0 Å². The maximum absolute atomic E-state index is 14.0. The fourth-order valence-electron chi connectivity index (χ4n) is 3.59. The SMILES string of the molecule is CN(Cc1nc(C2CC2)no1)C[C@@H]1C[C@H](F)CN1Cc1cnn(C)c1. The van der Waals surface area contributed by atoms with E-state index >= 15 is 0 Å². The van der Waals surface area contributed by atoms with E-state index in [-0.39, 0.29) is 6.04 Å². The minimum Gasteiger partial charge on any atom is -0.338 e. The minimum absolute atomic E-state index is 0.186. The molecule has 1 aliphatic heterocycles. The molecule has 0 amide bonds. The molecule has 1 saturated carbocycles. The molecule has 0 bridgehead atoms. The summed E-state index contributed by atoms with van der Waals surface area (Å²) in [6.07, 6.45) is 5.98. The predicted molar refractivity (Wildman–Crippen MR) is 89.5 cm³/mol. The molecule has 2 fully saturated rings. The Morgan fingerprint density at radius 2 is 2.24 bits per heavy atom. The fourth-order valence-corrected chi connectivity index (χ4v) is 3.59. The summed E-state index contributed by atoms with van der Waals surface area (Å²) < 4.78 is 21.1. The van der Waals surface area contributed by atoms with Gasteiger partial charge in [0.25, 0.3) is 0 Å². The molecule has 1 aliphatic carbocycles. The van der Waals surface area contributed by atoms with Gasteiger partial charge in [-0.05, 0) is 26.3 Å². The van der Waals surface area contributed by atoms with Gasteiger partial charge in [0.15, 0.2) is 5.82 Å². The first kappa shape index (κ1) is 16.7. The standard InChI is InChI=1S/C17H25FN6O/c1-22(11-16-20-17(21-25-16)13-3-4-13)10-15-5-14(18)9-24(15)8-12-6-19-23(2)7-12/h6-7,13-15H,3-5,8-11H2,1-2H3/t14-,15-/m0/s1. The van der Waals surface area contributed by atoms with Crippen molar-refractivity contribution in [3.8, 4) is 0 Å². The van der Waals surface area contributed by atoms with E-state index in [1.165, 1.54) is 0 Å². The number of likely N-dealkylation sites (N-methyl/N-ethyl adjacent to an activating group) is 1. The van der Waals surface area contributed by atoms with Gasteiger partial charge < -0.3 is 4.52 Å². The van der Waals surface area contributed by atoms with E-state index < -0.39 is 6.17 Å². The van der Waals surface area contributed by atoms with E-state index in [0.717, 1.165) is 37.3 Å². The van der Waals surface area contributed by atoms with Crippen molar-refractivity contribution in [2.45, 2.75) is 50.5 Å². The van der Waals surface area contributed by atoms with Crippen molar-refractivity contribution in [2.75, 3.05) is 20.1 Å². The normalized spacial score (nSPS) is 24.5. The number of halogens is 1. The lowest BCUT2D eigenvalue weighted by atomic mass is 10.2. The van der Waals surface area contributed by atoms with E-state index in [1.54, 1.807) is 4.68 Å². The van der Waals surface area contributed by atoms with Crippen molar-refractivity contribution in [3.63, 3.8) is 0 Å². The van der Waals surface area contributed by atoms with Crippen molar-refractivity contribution in [1.82, 2.24) is 29.7 Å². The number of hydrogen-bond acceptors (Lipinski definition) is 6. The van der Waals surface area contributed by atoms with Gasteiger partial charge in [-0.2, -0.15) is 10.1 Å². The highest BCUT2D eigenvalue weighted by molar-refractivity contribution is 5.05. The van der Waals surface area contributed by atoms with Crippen molar-refractivity contribution in [1.29, 1.82) is 0 Å². The van der Waals surface area contributed by atoms with Crippen molar-refractivity contribution in [2.24, 2.45) is 7.05 Å². The second-order valence-electron chi connectivity index (χ2n) is 7.46.